The number of hydrogen-bond donors (Lipinski definition) is 0. The van der Waals surface area contributed by atoms with Crippen LogP contribution >= 0.6 is 0 Å². The van der Waals surface area contributed by atoms with E-state index in [-0.39, 0.29) is 0 Å². The minimum absolute atomic E-state index is 0.320. The lowest BCUT2D eigenvalue weighted by atomic mass is 9.74. The number of carbonyl (C=O) groups is 1. The first-order valence-electron chi connectivity index (χ1n) is 6.11. The molecule has 84 valence electrons. The highest BCUT2D eigenvalue weighted by molar-refractivity contribution is 5.77. The van der Waals surface area contributed by atoms with Crippen molar-refractivity contribution < 1.29 is 4.79 Å². The summed E-state index contributed by atoms with van der Waals surface area (Å²) in [4.78, 5) is 13.7. The van der Waals surface area contributed by atoms with Crippen LogP contribution in [-0.2, 0) is 11.2 Å². The van der Waals surface area contributed by atoms with Gasteiger partial charge in [0, 0.05) is 25.4 Å². The summed E-state index contributed by atoms with van der Waals surface area (Å²) in [5.41, 5.74) is 2.98. The van der Waals surface area contributed by atoms with Crippen LogP contribution in [0.5, 0.6) is 0 Å². The molecule has 2 nitrogen and oxygen atoms in total. The van der Waals surface area contributed by atoms with Crippen molar-refractivity contribution in [2.45, 2.75) is 37.6 Å². The minimum atomic E-state index is 0.320. The molecule has 1 amide bonds. The van der Waals surface area contributed by atoms with E-state index in [0.29, 0.717) is 24.3 Å². The number of amides is 1. The zero-order chi connectivity index (χ0) is 11.1. The van der Waals surface area contributed by atoms with Gasteiger partial charge in [0.05, 0.1) is 0 Å². The summed E-state index contributed by atoms with van der Waals surface area (Å²) in [6, 6.07) is 9.17. The molecule has 0 spiro atoms. The topological polar surface area (TPSA) is 20.3 Å². The van der Waals surface area contributed by atoms with Crippen molar-refractivity contribution >= 4 is 5.91 Å². The van der Waals surface area contributed by atoms with Crippen molar-refractivity contribution in [3.63, 3.8) is 0 Å². The molecule has 16 heavy (non-hydrogen) atoms. The fourth-order valence-electron chi connectivity index (χ4n) is 3.29. The van der Waals surface area contributed by atoms with E-state index in [1.54, 1.807) is 0 Å². The highest BCUT2D eigenvalue weighted by Crippen LogP contribution is 2.40. The number of benzene rings is 1. The minimum Gasteiger partial charge on any atom is -0.342 e. The van der Waals surface area contributed by atoms with Gasteiger partial charge in [-0.2, -0.15) is 0 Å². The van der Waals surface area contributed by atoms with Crippen LogP contribution in [0.3, 0.4) is 0 Å². The second-order valence-electron chi connectivity index (χ2n) is 4.95. The van der Waals surface area contributed by atoms with Gasteiger partial charge in [0.25, 0.3) is 0 Å². The van der Waals surface area contributed by atoms with Gasteiger partial charge in [-0.15, -0.1) is 0 Å². The summed E-state index contributed by atoms with van der Waals surface area (Å²) in [5.74, 6) is 0.897. The fraction of sp³-hybridized carbons (Fsp3) is 0.500. The van der Waals surface area contributed by atoms with Gasteiger partial charge in [0.15, 0.2) is 0 Å². The second kappa shape index (κ2) is 3.62. The Hall–Kier alpha value is -1.31. The maximum Gasteiger partial charge on any atom is 0.222 e. The molecule has 3 rings (SSSR count). The summed E-state index contributed by atoms with van der Waals surface area (Å²) >= 11 is 0. The summed E-state index contributed by atoms with van der Waals surface area (Å²) in [6.45, 7) is 0. The van der Waals surface area contributed by atoms with Crippen molar-refractivity contribution in [2.24, 2.45) is 0 Å². The highest BCUT2D eigenvalue weighted by Gasteiger charge is 2.37. The summed E-state index contributed by atoms with van der Waals surface area (Å²) in [5, 5.41) is 0. The number of nitrogens with zero attached hydrogens (tertiary/aromatic N) is 1. The third-order valence-electron chi connectivity index (χ3n) is 4.19. The van der Waals surface area contributed by atoms with Gasteiger partial charge < -0.3 is 4.90 Å². The Morgan fingerprint density at radius 3 is 2.88 bits per heavy atom. The number of hydrogen-bond acceptors (Lipinski definition) is 1. The Morgan fingerprint density at radius 2 is 2.00 bits per heavy atom. The molecule has 1 fully saturated rings. The average molecular weight is 215 g/mol. The van der Waals surface area contributed by atoms with E-state index < -0.39 is 0 Å². The number of carbonyl (C=O) groups excluding carboxylic acids is 1. The first-order chi connectivity index (χ1) is 7.77. The molecule has 2 atom stereocenters. The number of piperidine rings is 1. The van der Waals surface area contributed by atoms with Crippen LogP contribution in [0.2, 0.25) is 0 Å². The average Bonchev–Trinajstić information content (AvgIpc) is 2.33. The monoisotopic (exact) mass is 215 g/mol. The Labute approximate surface area is 96.3 Å². The van der Waals surface area contributed by atoms with Gasteiger partial charge in [-0.05, 0) is 30.4 Å². The third kappa shape index (κ3) is 1.36. The van der Waals surface area contributed by atoms with Crippen LogP contribution in [0.25, 0.3) is 0 Å². The first-order valence-corrected chi connectivity index (χ1v) is 6.11. The molecule has 0 unspecified atom stereocenters. The highest BCUT2D eigenvalue weighted by atomic mass is 16.2. The molecule has 2 heteroatoms. The number of fused-ring (bicyclic) bond motifs is 3. The van der Waals surface area contributed by atoms with E-state index in [1.807, 2.05) is 11.9 Å². The molecule has 0 bridgehead atoms. The van der Waals surface area contributed by atoms with E-state index in [9.17, 15) is 4.79 Å². The number of likely N-dealkylation sites (tertiary alicyclic amines) is 1. The van der Waals surface area contributed by atoms with Crippen LogP contribution in [0, 0.1) is 0 Å². The van der Waals surface area contributed by atoms with Gasteiger partial charge in [0.1, 0.15) is 0 Å². The lowest BCUT2D eigenvalue weighted by Gasteiger charge is -2.43. The normalized spacial score (nSPS) is 28.6. The van der Waals surface area contributed by atoms with Crippen LogP contribution in [0.4, 0.5) is 0 Å². The van der Waals surface area contributed by atoms with Crippen LogP contribution < -0.4 is 0 Å². The molecule has 1 aromatic carbocycles. The summed E-state index contributed by atoms with van der Waals surface area (Å²) < 4.78 is 0. The number of aryl methyl sites for hydroxylation is 1. The van der Waals surface area contributed by atoms with Crippen LogP contribution in [0.1, 0.15) is 36.3 Å². The van der Waals surface area contributed by atoms with Crippen molar-refractivity contribution in [2.75, 3.05) is 7.05 Å². The lowest BCUT2D eigenvalue weighted by Crippen LogP contribution is -2.47. The molecule has 1 aromatic rings. The standard InChI is InChI=1S/C14H17NO/c1-15-13-8-6-10-4-2-3-5-11(10)12(13)7-9-14(15)16/h2-5,12-13H,6-9H2,1H3/t12-,13-/m1/s1. The lowest BCUT2D eigenvalue weighted by molar-refractivity contribution is -0.135. The maximum atomic E-state index is 11.7. The Morgan fingerprint density at radius 1 is 1.19 bits per heavy atom. The summed E-state index contributed by atoms with van der Waals surface area (Å²) in [6.07, 6.45) is 4.00. The molecule has 0 N–H and O–H groups in total. The molecule has 0 saturated carbocycles. The van der Waals surface area contributed by atoms with E-state index in [4.69, 9.17) is 0 Å². The van der Waals surface area contributed by atoms with Gasteiger partial charge >= 0.3 is 0 Å². The van der Waals surface area contributed by atoms with Crippen LogP contribution in [-0.4, -0.2) is 23.9 Å². The fourth-order valence-corrected chi connectivity index (χ4v) is 3.29. The smallest absolute Gasteiger partial charge is 0.222 e. The Bertz CT molecular complexity index is 426. The largest absolute Gasteiger partial charge is 0.342 e. The molecule has 1 heterocycles. The van der Waals surface area contributed by atoms with Gasteiger partial charge in [-0.25, -0.2) is 0 Å². The van der Waals surface area contributed by atoms with E-state index in [0.717, 1.165) is 19.3 Å². The molecule has 1 saturated heterocycles. The Balaban J connectivity index is 1.99. The van der Waals surface area contributed by atoms with Crippen molar-refractivity contribution in [1.82, 2.24) is 4.90 Å². The second-order valence-corrected chi connectivity index (χ2v) is 4.95. The number of rotatable bonds is 0. The van der Waals surface area contributed by atoms with E-state index in [2.05, 4.69) is 24.3 Å². The molecule has 1 aliphatic carbocycles. The molecule has 0 radical (unpaired) electrons. The first kappa shape index (κ1) is 9.88. The molecule has 2 aliphatic rings. The van der Waals surface area contributed by atoms with E-state index >= 15 is 0 Å². The molecule has 1 aliphatic heterocycles. The summed E-state index contributed by atoms with van der Waals surface area (Å²) in [7, 11) is 1.97. The zero-order valence-electron chi connectivity index (χ0n) is 9.65. The SMILES string of the molecule is CN1C(=O)CC[C@@H]2c3ccccc3CC[C@H]21. The number of likely N-dealkylation sites (N-methyl/N-ethyl adjacent to an activating group) is 1. The van der Waals surface area contributed by atoms with Crippen LogP contribution in [0.15, 0.2) is 24.3 Å². The maximum absolute atomic E-state index is 11.7. The van der Waals surface area contributed by atoms with Crippen molar-refractivity contribution in [3.05, 3.63) is 35.4 Å². The molecular weight excluding hydrogens is 198 g/mol. The third-order valence-corrected chi connectivity index (χ3v) is 4.19. The zero-order valence-corrected chi connectivity index (χ0v) is 9.65. The van der Waals surface area contributed by atoms with E-state index in [1.165, 1.54) is 11.1 Å². The van der Waals surface area contributed by atoms with Crippen molar-refractivity contribution in [1.29, 1.82) is 0 Å². The van der Waals surface area contributed by atoms with Gasteiger partial charge in [-0.3, -0.25) is 4.79 Å². The molecular formula is C14H17NO. The van der Waals surface area contributed by atoms with Gasteiger partial charge in [-0.1, -0.05) is 24.3 Å². The predicted molar refractivity (Wildman–Crippen MR) is 63.3 cm³/mol. The predicted octanol–water partition coefficient (Wildman–Crippen LogP) is 2.34. The van der Waals surface area contributed by atoms with Crippen molar-refractivity contribution in [3.8, 4) is 0 Å². The Kier molecular flexibility index (Phi) is 2.23. The van der Waals surface area contributed by atoms with Gasteiger partial charge in [0.2, 0.25) is 5.91 Å². The quantitative estimate of drug-likeness (QED) is 0.650. The molecule has 0 aromatic heterocycles.